The van der Waals surface area contributed by atoms with Crippen molar-refractivity contribution in [3.63, 3.8) is 0 Å². The van der Waals surface area contributed by atoms with Crippen LogP contribution in [0.4, 0.5) is 0 Å². The number of amides is 1. The molecule has 1 aromatic carbocycles. The lowest BCUT2D eigenvalue weighted by molar-refractivity contribution is -0.127. The van der Waals surface area contributed by atoms with Crippen LogP contribution in [0.5, 0.6) is 0 Å². The number of aryl methyl sites for hydroxylation is 1. The highest BCUT2D eigenvalue weighted by molar-refractivity contribution is 7.89. The maximum Gasteiger partial charge on any atom is 0.222 e. The number of likely N-dealkylation sites (tertiary alicyclic amines) is 1. The molecule has 1 aromatic rings. The molecule has 120 valence electrons. The Morgan fingerprint density at radius 2 is 1.95 bits per heavy atom. The molecule has 6 heteroatoms. The van der Waals surface area contributed by atoms with Gasteiger partial charge in [0.15, 0.2) is 0 Å². The summed E-state index contributed by atoms with van der Waals surface area (Å²) >= 11 is 0. The molecule has 0 radical (unpaired) electrons. The molecule has 0 aromatic heterocycles. The van der Waals surface area contributed by atoms with Crippen LogP contribution in [0.3, 0.4) is 0 Å². The predicted octanol–water partition coefficient (Wildman–Crippen LogP) is 1.11. The number of carbonyl (C=O) groups excluding carboxylic acids is 1. The van der Waals surface area contributed by atoms with Crippen molar-refractivity contribution in [2.24, 2.45) is 5.92 Å². The van der Waals surface area contributed by atoms with Crippen LogP contribution in [-0.2, 0) is 21.2 Å². The Kier molecular flexibility index (Phi) is 4.23. The first-order valence-corrected chi connectivity index (χ1v) is 9.36. The number of piperidine rings is 1. The SMILES string of the molecule is CN1C(=O)C[C@@H]2CN(S(=O)(=O)CCc3ccccc3)CC[C@@H]21. The number of hydrogen-bond donors (Lipinski definition) is 0. The largest absolute Gasteiger partial charge is 0.342 e. The minimum absolute atomic E-state index is 0.137. The predicted molar refractivity (Wildman–Crippen MR) is 84.8 cm³/mol. The second kappa shape index (κ2) is 6.01. The van der Waals surface area contributed by atoms with E-state index >= 15 is 0 Å². The highest BCUT2D eigenvalue weighted by Crippen LogP contribution is 2.32. The van der Waals surface area contributed by atoms with Gasteiger partial charge in [-0.05, 0) is 18.4 Å². The zero-order valence-electron chi connectivity index (χ0n) is 12.8. The van der Waals surface area contributed by atoms with Gasteiger partial charge in [0.1, 0.15) is 0 Å². The Morgan fingerprint density at radius 3 is 2.68 bits per heavy atom. The van der Waals surface area contributed by atoms with Gasteiger partial charge in [-0.1, -0.05) is 30.3 Å². The van der Waals surface area contributed by atoms with Gasteiger partial charge in [-0.3, -0.25) is 4.79 Å². The van der Waals surface area contributed by atoms with Gasteiger partial charge < -0.3 is 4.90 Å². The zero-order chi connectivity index (χ0) is 15.7. The van der Waals surface area contributed by atoms with Gasteiger partial charge in [0.05, 0.1) is 5.75 Å². The van der Waals surface area contributed by atoms with Gasteiger partial charge in [-0.25, -0.2) is 12.7 Å². The molecule has 0 saturated carbocycles. The molecule has 1 amide bonds. The van der Waals surface area contributed by atoms with Gasteiger partial charge in [0.25, 0.3) is 0 Å². The van der Waals surface area contributed by atoms with E-state index in [-0.39, 0.29) is 23.6 Å². The van der Waals surface area contributed by atoms with Crippen LogP contribution < -0.4 is 0 Å². The number of rotatable bonds is 4. The highest BCUT2D eigenvalue weighted by Gasteiger charge is 2.43. The molecule has 2 saturated heterocycles. The minimum atomic E-state index is -3.25. The van der Waals surface area contributed by atoms with Crippen LogP contribution in [0.1, 0.15) is 18.4 Å². The molecule has 2 atom stereocenters. The van der Waals surface area contributed by atoms with Crippen LogP contribution in [0, 0.1) is 5.92 Å². The lowest BCUT2D eigenvalue weighted by Crippen LogP contribution is -2.48. The van der Waals surface area contributed by atoms with Crippen molar-refractivity contribution in [2.75, 3.05) is 25.9 Å². The smallest absolute Gasteiger partial charge is 0.222 e. The average Bonchev–Trinajstić information content (AvgIpc) is 2.81. The summed E-state index contributed by atoms with van der Waals surface area (Å²) in [6.45, 7) is 1.01. The van der Waals surface area contributed by atoms with E-state index in [1.807, 2.05) is 37.4 Å². The van der Waals surface area contributed by atoms with Crippen LogP contribution >= 0.6 is 0 Å². The molecule has 2 fully saturated rings. The minimum Gasteiger partial charge on any atom is -0.342 e. The van der Waals surface area contributed by atoms with E-state index in [4.69, 9.17) is 0 Å². The second-order valence-electron chi connectivity index (χ2n) is 6.23. The Bertz CT molecular complexity index is 645. The van der Waals surface area contributed by atoms with Crippen molar-refractivity contribution in [3.05, 3.63) is 35.9 Å². The summed E-state index contributed by atoms with van der Waals surface area (Å²) in [6, 6.07) is 9.89. The number of sulfonamides is 1. The Balaban J connectivity index is 1.63. The van der Waals surface area contributed by atoms with Crippen LogP contribution in [0.2, 0.25) is 0 Å². The molecule has 2 aliphatic rings. The normalized spacial score (nSPS) is 26.2. The van der Waals surface area contributed by atoms with Crippen molar-refractivity contribution in [3.8, 4) is 0 Å². The molecule has 0 spiro atoms. The fraction of sp³-hybridized carbons (Fsp3) is 0.562. The third-order valence-corrected chi connectivity index (χ3v) is 6.71. The van der Waals surface area contributed by atoms with Crippen LogP contribution in [-0.4, -0.2) is 55.5 Å². The Hall–Kier alpha value is -1.40. The number of hydrogen-bond acceptors (Lipinski definition) is 3. The Morgan fingerprint density at radius 1 is 1.23 bits per heavy atom. The van der Waals surface area contributed by atoms with E-state index in [0.29, 0.717) is 25.9 Å². The van der Waals surface area contributed by atoms with Crippen molar-refractivity contribution >= 4 is 15.9 Å². The van der Waals surface area contributed by atoms with Crippen molar-refractivity contribution < 1.29 is 13.2 Å². The quantitative estimate of drug-likeness (QED) is 0.834. The molecule has 0 aliphatic carbocycles. The molecule has 0 bridgehead atoms. The molecule has 0 N–H and O–H groups in total. The van der Waals surface area contributed by atoms with E-state index in [1.165, 1.54) is 0 Å². The zero-order valence-corrected chi connectivity index (χ0v) is 13.6. The first kappa shape index (κ1) is 15.5. The summed E-state index contributed by atoms with van der Waals surface area (Å²) in [5.41, 5.74) is 1.04. The highest BCUT2D eigenvalue weighted by atomic mass is 32.2. The average molecular weight is 322 g/mol. The van der Waals surface area contributed by atoms with E-state index in [1.54, 1.807) is 9.21 Å². The second-order valence-corrected chi connectivity index (χ2v) is 8.32. The maximum absolute atomic E-state index is 12.5. The number of carbonyl (C=O) groups is 1. The monoisotopic (exact) mass is 322 g/mol. The maximum atomic E-state index is 12.5. The fourth-order valence-electron chi connectivity index (χ4n) is 3.52. The lowest BCUT2D eigenvalue weighted by Gasteiger charge is -2.35. The fourth-order valence-corrected chi connectivity index (χ4v) is 5.08. The lowest BCUT2D eigenvalue weighted by atomic mass is 9.94. The molecular formula is C16H22N2O3S. The number of nitrogens with zero attached hydrogens (tertiary/aromatic N) is 2. The molecule has 22 heavy (non-hydrogen) atoms. The summed E-state index contributed by atoms with van der Waals surface area (Å²) in [5, 5.41) is 0. The van der Waals surface area contributed by atoms with Gasteiger partial charge >= 0.3 is 0 Å². The van der Waals surface area contributed by atoms with E-state index < -0.39 is 10.0 Å². The number of benzene rings is 1. The van der Waals surface area contributed by atoms with Crippen molar-refractivity contribution in [1.29, 1.82) is 0 Å². The van der Waals surface area contributed by atoms with Gasteiger partial charge in [0.2, 0.25) is 15.9 Å². The van der Waals surface area contributed by atoms with Gasteiger partial charge in [0, 0.05) is 38.5 Å². The third-order valence-electron chi connectivity index (χ3n) is 4.87. The van der Waals surface area contributed by atoms with Crippen molar-refractivity contribution in [2.45, 2.75) is 25.3 Å². The molecule has 3 rings (SSSR count). The standard InChI is InChI=1S/C16H22N2O3S/c1-17-15-7-9-18(12-14(15)11-16(17)19)22(20,21)10-8-13-5-3-2-4-6-13/h2-6,14-15H,7-12H2,1H3/t14-,15+/m1/s1. The van der Waals surface area contributed by atoms with Gasteiger partial charge in [-0.15, -0.1) is 0 Å². The summed E-state index contributed by atoms with van der Waals surface area (Å²) in [5.74, 6) is 0.425. The summed E-state index contributed by atoms with van der Waals surface area (Å²) in [7, 11) is -1.43. The third kappa shape index (κ3) is 3.03. The summed E-state index contributed by atoms with van der Waals surface area (Å²) < 4.78 is 26.7. The van der Waals surface area contributed by atoms with Crippen molar-refractivity contribution in [1.82, 2.24) is 9.21 Å². The van der Waals surface area contributed by atoms with Gasteiger partial charge in [-0.2, -0.15) is 0 Å². The first-order valence-electron chi connectivity index (χ1n) is 7.75. The van der Waals surface area contributed by atoms with E-state index in [0.717, 1.165) is 12.0 Å². The van der Waals surface area contributed by atoms with Crippen LogP contribution in [0.25, 0.3) is 0 Å². The Labute approximate surface area is 132 Å². The van der Waals surface area contributed by atoms with Crippen LogP contribution in [0.15, 0.2) is 30.3 Å². The van der Waals surface area contributed by atoms with E-state index in [2.05, 4.69) is 0 Å². The molecule has 2 heterocycles. The summed E-state index contributed by atoms with van der Waals surface area (Å²) in [4.78, 5) is 13.6. The number of fused-ring (bicyclic) bond motifs is 1. The summed E-state index contributed by atoms with van der Waals surface area (Å²) in [6.07, 6.45) is 1.76. The molecular weight excluding hydrogens is 300 g/mol. The van der Waals surface area contributed by atoms with E-state index in [9.17, 15) is 13.2 Å². The molecule has 2 aliphatic heterocycles. The molecule has 0 unspecified atom stereocenters. The topological polar surface area (TPSA) is 57.7 Å². The first-order chi connectivity index (χ1) is 10.5. The molecule has 5 nitrogen and oxygen atoms in total.